The quantitative estimate of drug-likeness (QED) is 0.929. The number of nitrogens with one attached hydrogen (secondary N) is 1. The third-order valence-corrected chi connectivity index (χ3v) is 3.48. The zero-order valence-corrected chi connectivity index (χ0v) is 11.6. The van der Waals surface area contributed by atoms with Crippen molar-refractivity contribution in [3.8, 4) is 0 Å². The standard InChI is InChI=1S/C12H13Cl2N3O/c1-12(2,6-15-11-17-16-7-18-11)8-3-4-9(13)10(14)5-8/h3-5,7H,6H2,1-2H3,(H,15,17). The van der Waals surface area contributed by atoms with Crippen LogP contribution in [0.15, 0.2) is 29.0 Å². The first-order valence-corrected chi connectivity index (χ1v) is 6.20. The van der Waals surface area contributed by atoms with Crippen LogP contribution in [0.3, 0.4) is 0 Å². The predicted octanol–water partition coefficient (Wildman–Crippen LogP) is 3.77. The van der Waals surface area contributed by atoms with E-state index in [4.69, 9.17) is 27.6 Å². The molecule has 0 aliphatic rings. The fraction of sp³-hybridized carbons (Fsp3) is 0.333. The first kappa shape index (κ1) is 13.2. The fourth-order valence-corrected chi connectivity index (χ4v) is 1.86. The molecule has 1 aromatic heterocycles. The van der Waals surface area contributed by atoms with Crippen molar-refractivity contribution in [2.24, 2.45) is 0 Å². The molecule has 4 nitrogen and oxygen atoms in total. The second kappa shape index (κ2) is 5.16. The molecule has 0 aliphatic carbocycles. The molecule has 0 unspecified atom stereocenters. The second-order valence-electron chi connectivity index (χ2n) is 4.61. The number of anilines is 1. The molecule has 0 amide bonds. The molecule has 0 saturated heterocycles. The van der Waals surface area contributed by atoms with Crippen LogP contribution < -0.4 is 5.32 Å². The van der Waals surface area contributed by atoms with E-state index in [1.54, 1.807) is 6.07 Å². The maximum absolute atomic E-state index is 6.03. The number of halogens is 2. The smallest absolute Gasteiger partial charge is 0.315 e. The summed E-state index contributed by atoms with van der Waals surface area (Å²) >= 11 is 11.9. The maximum atomic E-state index is 6.03. The van der Waals surface area contributed by atoms with Crippen molar-refractivity contribution in [2.75, 3.05) is 11.9 Å². The lowest BCUT2D eigenvalue weighted by molar-refractivity contribution is 0.523. The van der Waals surface area contributed by atoms with Gasteiger partial charge in [-0.2, -0.15) is 0 Å². The highest BCUT2D eigenvalue weighted by Gasteiger charge is 2.22. The topological polar surface area (TPSA) is 51.0 Å². The van der Waals surface area contributed by atoms with E-state index in [-0.39, 0.29) is 5.41 Å². The van der Waals surface area contributed by atoms with Crippen LogP contribution in [-0.2, 0) is 5.41 Å². The van der Waals surface area contributed by atoms with Gasteiger partial charge in [0.25, 0.3) is 0 Å². The van der Waals surface area contributed by atoms with E-state index in [2.05, 4.69) is 29.4 Å². The third-order valence-electron chi connectivity index (χ3n) is 2.74. The number of benzene rings is 1. The summed E-state index contributed by atoms with van der Waals surface area (Å²) in [6.07, 6.45) is 1.29. The van der Waals surface area contributed by atoms with Gasteiger partial charge in [0, 0.05) is 12.0 Å². The monoisotopic (exact) mass is 285 g/mol. The first-order valence-electron chi connectivity index (χ1n) is 5.44. The molecule has 18 heavy (non-hydrogen) atoms. The van der Waals surface area contributed by atoms with Gasteiger partial charge in [-0.3, -0.25) is 0 Å². The zero-order valence-electron chi connectivity index (χ0n) is 10.1. The molecule has 0 fully saturated rings. The van der Waals surface area contributed by atoms with Crippen molar-refractivity contribution < 1.29 is 4.42 Å². The molecule has 0 aliphatic heterocycles. The van der Waals surface area contributed by atoms with Crippen molar-refractivity contribution >= 4 is 29.2 Å². The van der Waals surface area contributed by atoms with E-state index in [1.807, 2.05) is 12.1 Å². The van der Waals surface area contributed by atoms with Crippen molar-refractivity contribution in [3.63, 3.8) is 0 Å². The molecule has 0 saturated carbocycles. The van der Waals surface area contributed by atoms with Crippen LogP contribution in [0.25, 0.3) is 0 Å². The summed E-state index contributed by atoms with van der Waals surface area (Å²) in [4.78, 5) is 0. The lowest BCUT2D eigenvalue weighted by Gasteiger charge is -2.25. The van der Waals surface area contributed by atoms with Crippen LogP contribution in [0.5, 0.6) is 0 Å². The van der Waals surface area contributed by atoms with Gasteiger partial charge in [-0.05, 0) is 17.7 Å². The average molecular weight is 286 g/mol. The number of rotatable bonds is 4. The predicted molar refractivity (Wildman–Crippen MR) is 72.3 cm³/mol. The molecule has 6 heteroatoms. The van der Waals surface area contributed by atoms with E-state index >= 15 is 0 Å². The number of hydrogen-bond donors (Lipinski definition) is 1. The van der Waals surface area contributed by atoms with E-state index in [9.17, 15) is 0 Å². The van der Waals surface area contributed by atoms with Gasteiger partial charge in [0.15, 0.2) is 0 Å². The van der Waals surface area contributed by atoms with Gasteiger partial charge < -0.3 is 9.73 Å². The Kier molecular flexibility index (Phi) is 3.78. The summed E-state index contributed by atoms with van der Waals surface area (Å²) in [5.74, 6) is 0. The summed E-state index contributed by atoms with van der Waals surface area (Å²) in [6.45, 7) is 4.83. The molecule has 2 aromatic rings. The van der Waals surface area contributed by atoms with Crippen LogP contribution in [0.4, 0.5) is 6.01 Å². The Balaban J connectivity index is 2.11. The van der Waals surface area contributed by atoms with Crippen molar-refractivity contribution in [1.82, 2.24) is 10.2 Å². The van der Waals surface area contributed by atoms with Crippen molar-refractivity contribution in [2.45, 2.75) is 19.3 Å². The molecule has 1 heterocycles. The first-order chi connectivity index (χ1) is 8.49. The van der Waals surface area contributed by atoms with Crippen LogP contribution in [0, 0.1) is 0 Å². The Morgan fingerprint density at radius 3 is 2.67 bits per heavy atom. The number of aromatic nitrogens is 2. The second-order valence-corrected chi connectivity index (χ2v) is 5.42. The summed E-state index contributed by atoms with van der Waals surface area (Å²) in [5, 5.41) is 11.6. The number of hydrogen-bond acceptors (Lipinski definition) is 4. The molecule has 0 spiro atoms. The van der Waals surface area contributed by atoms with Gasteiger partial charge in [-0.1, -0.05) is 48.2 Å². The minimum atomic E-state index is -0.136. The van der Waals surface area contributed by atoms with Gasteiger partial charge in [-0.15, -0.1) is 5.10 Å². The van der Waals surface area contributed by atoms with E-state index in [0.29, 0.717) is 22.6 Å². The Hall–Kier alpha value is -1.26. The Morgan fingerprint density at radius 1 is 1.28 bits per heavy atom. The molecular weight excluding hydrogens is 273 g/mol. The van der Waals surface area contributed by atoms with E-state index < -0.39 is 0 Å². The van der Waals surface area contributed by atoms with Gasteiger partial charge in [0.1, 0.15) is 0 Å². The van der Waals surface area contributed by atoms with Crippen molar-refractivity contribution in [1.29, 1.82) is 0 Å². The fourth-order valence-electron chi connectivity index (χ4n) is 1.57. The van der Waals surface area contributed by atoms with Crippen LogP contribution in [-0.4, -0.2) is 16.7 Å². The molecule has 96 valence electrons. The molecule has 0 bridgehead atoms. The normalized spacial score (nSPS) is 11.6. The van der Waals surface area contributed by atoms with Crippen LogP contribution in [0.2, 0.25) is 10.0 Å². The third kappa shape index (κ3) is 2.94. The summed E-state index contributed by atoms with van der Waals surface area (Å²) in [7, 11) is 0. The van der Waals surface area contributed by atoms with Gasteiger partial charge in [0.2, 0.25) is 6.39 Å². The Morgan fingerprint density at radius 2 is 2.06 bits per heavy atom. The zero-order chi connectivity index (χ0) is 13.2. The summed E-state index contributed by atoms with van der Waals surface area (Å²) in [6, 6.07) is 6.04. The molecule has 0 radical (unpaired) electrons. The Labute approximate surface area is 115 Å². The molecule has 0 atom stereocenters. The summed E-state index contributed by atoms with van der Waals surface area (Å²) < 4.78 is 5.03. The van der Waals surface area contributed by atoms with Gasteiger partial charge >= 0.3 is 6.01 Å². The highest BCUT2D eigenvalue weighted by atomic mass is 35.5. The molecular formula is C12H13Cl2N3O. The van der Waals surface area contributed by atoms with Gasteiger partial charge in [0.05, 0.1) is 10.0 Å². The molecule has 2 rings (SSSR count). The average Bonchev–Trinajstić information content (AvgIpc) is 2.83. The van der Waals surface area contributed by atoms with E-state index in [0.717, 1.165) is 5.56 Å². The maximum Gasteiger partial charge on any atom is 0.315 e. The van der Waals surface area contributed by atoms with Crippen molar-refractivity contribution in [3.05, 3.63) is 40.2 Å². The molecule has 1 N–H and O–H groups in total. The largest absolute Gasteiger partial charge is 0.411 e. The highest BCUT2D eigenvalue weighted by Crippen LogP contribution is 2.30. The molecule has 1 aromatic carbocycles. The SMILES string of the molecule is CC(C)(CNc1nnco1)c1ccc(Cl)c(Cl)c1. The Bertz CT molecular complexity index is 526. The minimum absolute atomic E-state index is 0.136. The van der Waals surface area contributed by atoms with E-state index in [1.165, 1.54) is 6.39 Å². The minimum Gasteiger partial charge on any atom is -0.411 e. The highest BCUT2D eigenvalue weighted by molar-refractivity contribution is 6.42. The van der Waals surface area contributed by atoms with Gasteiger partial charge in [-0.25, -0.2) is 0 Å². The van der Waals surface area contributed by atoms with Crippen LogP contribution >= 0.6 is 23.2 Å². The van der Waals surface area contributed by atoms with Crippen LogP contribution in [0.1, 0.15) is 19.4 Å². The lowest BCUT2D eigenvalue weighted by Crippen LogP contribution is -2.27. The lowest BCUT2D eigenvalue weighted by atomic mass is 9.85. The number of nitrogens with zero attached hydrogens (tertiary/aromatic N) is 2. The summed E-state index contributed by atoms with van der Waals surface area (Å²) in [5.41, 5.74) is 0.951.